The van der Waals surface area contributed by atoms with Crippen molar-refractivity contribution in [1.82, 2.24) is 42.1 Å². The number of rotatable bonds is 16. The van der Waals surface area contributed by atoms with E-state index in [2.05, 4.69) is 37.2 Å². The zero-order valence-electron chi connectivity index (χ0n) is 46.6. The van der Waals surface area contributed by atoms with Crippen LogP contribution in [-0.2, 0) is 64.0 Å². The van der Waals surface area contributed by atoms with Gasteiger partial charge in [0, 0.05) is 43.4 Å². The van der Waals surface area contributed by atoms with Crippen molar-refractivity contribution in [3.63, 3.8) is 0 Å². The number of hydrogen-bond donors (Lipinski definition) is 11. The van der Waals surface area contributed by atoms with Crippen molar-refractivity contribution in [3.8, 4) is 0 Å². The van der Waals surface area contributed by atoms with Crippen LogP contribution in [0.4, 0.5) is 0 Å². The minimum atomic E-state index is -1.90. The van der Waals surface area contributed by atoms with Gasteiger partial charge in [0.2, 0.25) is 35.4 Å². The molecule has 1 fully saturated rings. The molecule has 8 amide bonds. The maximum atomic E-state index is 15.1. The second-order valence-electron chi connectivity index (χ2n) is 20.4. The summed E-state index contributed by atoms with van der Waals surface area (Å²) in [6, 6.07) is 26.6. The summed E-state index contributed by atoms with van der Waals surface area (Å²) in [5, 5.41) is 41.3. The minimum absolute atomic E-state index is 0.0592. The Morgan fingerprint density at radius 3 is 1.65 bits per heavy atom. The quantitative estimate of drug-likeness (QED) is 0.0499. The third-order valence-corrected chi connectivity index (χ3v) is 16.3. The van der Waals surface area contributed by atoms with Gasteiger partial charge < -0.3 is 63.8 Å². The van der Waals surface area contributed by atoms with Gasteiger partial charge in [-0.05, 0) is 84.3 Å². The molecule has 1 saturated heterocycles. The van der Waals surface area contributed by atoms with E-state index in [1.807, 2.05) is 31.2 Å². The van der Waals surface area contributed by atoms with Crippen molar-refractivity contribution in [3.05, 3.63) is 155 Å². The lowest BCUT2D eigenvalue weighted by atomic mass is 10.0. The second kappa shape index (κ2) is 32.1. The molecule has 9 atom stereocenters. The number of nitrogens with zero attached hydrogens (tertiary/aromatic N) is 1. The smallest absolute Gasteiger partial charge is 0.327 e. The molecule has 442 valence electrons. The zero-order chi connectivity index (χ0) is 60.0. The fourth-order valence-corrected chi connectivity index (χ4v) is 11.4. The molecule has 1 unspecified atom stereocenters. The Morgan fingerprint density at radius 2 is 1.07 bits per heavy atom. The van der Waals surface area contributed by atoms with Crippen molar-refractivity contribution in [1.29, 1.82) is 0 Å². The van der Waals surface area contributed by atoms with E-state index in [1.165, 1.54) is 14.0 Å². The van der Waals surface area contributed by atoms with Crippen LogP contribution in [0.5, 0.6) is 0 Å². The Kier molecular flexibility index (Phi) is 24.9. The van der Waals surface area contributed by atoms with Gasteiger partial charge >= 0.3 is 5.97 Å². The number of aliphatic hydroxyl groups is 1. The van der Waals surface area contributed by atoms with E-state index in [1.54, 1.807) is 103 Å². The molecule has 13 N–H and O–H groups in total. The number of aliphatic carboxylic acids is 1. The lowest BCUT2D eigenvalue weighted by molar-refractivity contribution is -0.141. The van der Waals surface area contributed by atoms with Gasteiger partial charge in [0.25, 0.3) is 11.8 Å². The number of carboxylic acid groups (broad SMARTS) is 1. The summed E-state index contributed by atoms with van der Waals surface area (Å²) in [5.41, 5.74) is 15.2. The SMILES string of the molecule is CCCc1ccc(C[C@@H]2NC(=O)[C@H](Cc3ccccc3)NC(=O)[C@H](N)CSSC[C@@H](C(=O)O)NC(=O)[C@H](Cc3ccccc3)NC(=O)[C@H](C(C)O)NC(=O)[C@H](CCCCN)NC(=O)[C@@H](N(C)C(=O)c3ccc4ccccc4c3)NC2=O)cc1. The van der Waals surface area contributed by atoms with E-state index in [0.29, 0.717) is 28.5 Å². The number of carbonyl (C=O) groups excluding carboxylic acids is 8. The van der Waals surface area contributed by atoms with Crippen LogP contribution in [0.15, 0.2) is 127 Å². The summed E-state index contributed by atoms with van der Waals surface area (Å²) in [4.78, 5) is 130. The maximum Gasteiger partial charge on any atom is 0.327 e. The van der Waals surface area contributed by atoms with Crippen LogP contribution < -0.4 is 48.7 Å². The molecular weight excluding hydrogens is 1100 g/mol. The molecular formula is C60H74N10O11S2. The summed E-state index contributed by atoms with van der Waals surface area (Å²) in [6.45, 7) is 3.46. The van der Waals surface area contributed by atoms with E-state index in [4.69, 9.17) is 11.5 Å². The Balaban J connectivity index is 1.44. The summed E-state index contributed by atoms with van der Waals surface area (Å²) in [5.74, 6) is -8.93. The van der Waals surface area contributed by atoms with Gasteiger partial charge in [-0.1, -0.05) is 150 Å². The van der Waals surface area contributed by atoms with Gasteiger partial charge in [0.1, 0.15) is 36.3 Å². The van der Waals surface area contributed by atoms with Crippen LogP contribution in [0.1, 0.15) is 72.1 Å². The first kappa shape index (κ1) is 64.3. The van der Waals surface area contributed by atoms with Gasteiger partial charge in [0.15, 0.2) is 6.17 Å². The summed E-state index contributed by atoms with van der Waals surface area (Å²) in [6.07, 6.45) is -1.67. The molecule has 1 heterocycles. The molecule has 1 aliphatic heterocycles. The molecule has 0 saturated carbocycles. The zero-order valence-corrected chi connectivity index (χ0v) is 48.2. The van der Waals surface area contributed by atoms with Crippen LogP contribution in [-0.4, -0.2) is 148 Å². The van der Waals surface area contributed by atoms with E-state index in [9.17, 15) is 43.8 Å². The number of benzene rings is 5. The van der Waals surface area contributed by atoms with Crippen molar-refractivity contribution in [2.45, 2.75) is 120 Å². The van der Waals surface area contributed by atoms with Crippen molar-refractivity contribution < 1.29 is 53.4 Å². The number of nitrogens with two attached hydrogens (primary N) is 2. The van der Waals surface area contributed by atoms with Gasteiger partial charge in [-0.2, -0.15) is 0 Å². The Bertz CT molecular complexity index is 3030. The number of unbranched alkanes of at least 4 members (excludes halogenated alkanes) is 1. The molecule has 0 aliphatic carbocycles. The number of carboxylic acids is 1. The first-order valence-electron chi connectivity index (χ1n) is 27.5. The van der Waals surface area contributed by atoms with Crippen molar-refractivity contribution >= 4 is 85.6 Å². The molecule has 21 nitrogen and oxygen atoms in total. The van der Waals surface area contributed by atoms with Crippen molar-refractivity contribution in [2.24, 2.45) is 11.5 Å². The number of fused-ring (bicyclic) bond motifs is 1. The van der Waals surface area contributed by atoms with Crippen LogP contribution in [0.2, 0.25) is 0 Å². The average molecular weight is 1180 g/mol. The second-order valence-corrected chi connectivity index (χ2v) is 22.9. The Hall–Kier alpha value is -7.83. The van der Waals surface area contributed by atoms with Crippen LogP contribution in [0.25, 0.3) is 10.8 Å². The number of amides is 8. The molecule has 1 aliphatic rings. The fourth-order valence-electron chi connectivity index (χ4n) is 9.15. The highest BCUT2D eigenvalue weighted by Crippen LogP contribution is 2.24. The number of nitrogens with one attached hydrogen (secondary N) is 7. The highest BCUT2D eigenvalue weighted by atomic mass is 33.1. The number of hydrogen-bond acceptors (Lipinski definition) is 14. The van der Waals surface area contributed by atoms with Crippen LogP contribution >= 0.6 is 21.6 Å². The average Bonchev–Trinajstić information content (AvgIpc) is 3.69. The largest absolute Gasteiger partial charge is 0.480 e. The van der Waals surface area contributed by atoms with Gasteiger partial charge in [-0.3, -0.25) is 38.4 Å². The summed E-state index contributed by atoms with van der Waals surface area (Å²) >= 11 is 0. The molecule has 6 rings (SSSR count). The topological polar surface area (TPSA) is 334 Å². The molecule has 5 aromatic rings. The summed E-state index contributed by atoms with van der Waals surface area (Å²) in [7, 11) is 3.32. The Morgan fingerprint density at radius 1 is 0.578 bits per heavy atom. The van der Waals surface area contributed by atoms with E-state index in [-0.39, 0.29) is 55.7 Å². The number of carbonyl (C=O) groups is 9. The third kappa shape index (κ3) is 19.4. The standard InChI is InChI=1S/C60H74N10O11S2/c1-4-15-37-23-25-40(26-24-37)32-48-56(76)69-51(70(3)59(79)43-28-27-41-20-11-12-21-42(41)33-43)58(78)63-45(22-13-14-29-61)53(73)68-50(36(2)71)57(77)66-47(31-39-18-9-6-10-19-39)55(75)67-49(60(80)81)35-83-82-34-44(62)52(72)64-46(54(74)65-48)30-38-16-7-5-8-17-38/h5-12,16-21,23-28,33,36,44-51,71H,4,13-15,22,29-32,34-35,61-62H2,1-3H3,(H,63,78)(H,64,72)(H,65,74)(H,66,77)(H,67,75)(H,68,73)(H,69,76)(H,80,81)/t36?,44-,45+,46+,47+,48+,49+,50+,51-/m1/s1. The molecule has 23 heteroatoms. The van der Waals surface area contributed by atoms with Crippen LogP contribution in [0, 0.1) is 0 Å². The summed E-state index contributed by atoms with van der Waals surface area (Å²) < 4.78 is 0. The van der Waals surface area contributed by atoms with Gasteiger partial charge in [-0.15, -0.1) is 0 Å². The molecule has 83 heavy (non-hydrogen) atoms. The lowest BCUT2D eigenvalue weighted by Crippen LogP contribution is -2.64. The molecule has 5 aromatic carbocycles. The van der Waals surface area contributed by atoms with Crippen LogP contribution in [0.3, 0.4) is 0 Å². The Labute approximate surface area is 490 Å². The first-order valence-corrected chi connectivity index (χ1v) is 30.0. The first-order chi connectivity index (χ1) is 39.8. The number of aryl methyl sites for hydroxylation is 1. The molecule has 0 radical (unpaired) electrons. The van der Waals surface area contributed by atoms with E-state index >= 15 is 9.59 Å². The number of likely N-dealkylation sites (N-methyl/N-ethyl adjacent to an activating group) is 1. The van der Waals surface area contributed by atoms with E-state index in [0.717, 1.165) is 50.3 Å². The minimum Gasteiger partial charge on any atom is -0.480 e. The molecule has 0 bridgehead atoms. The highest BCUT2D eigenvalue weighted by Gasteiger charge is 2.38. The molecule has 0 aromatic heterocycles. The van der Waals surface area contributed by atoms with E-state index < -0.39 is 108 Å². The lowest BCUT2D eigenvalue weighted by Gasteiger charge is -2.32. The molecule has 0 spiro atoms. The van der Waals surface area contributed by atoms with Gasteiger partial charge in [0.05, 0.1) is 12.1 Å². The fraction of sp³-hybridized carbons (Fsp3) is 0.383. The van der Waals surface area contributed by atoms with Crippen molar-refractivity contribution in [2.75, 3.05) is 25.1 Å². The maximum absolute atomic E-state index is 15.1. The monoisotopic (exact) mass is 1170 g/mol. The predicted octanol–water partition coefficient (Wildman–Crippen LogP) is 2.26. The highest BCUT2D eigenvalue weighted by molar-refractivity contribution is 8.76. The third-order valence-electron chi connectivity index (χ3n) is 13.9. The number of aliphatic hydroxyl groups excluding tert-OH is 1. The predicted molar refractivity (Wildman–Crippen MR) is 319 cm³/mol. The normalized spacial score (nSPS) is 22.6. The van der Waals surface area contributed by atoms with Gasteiger partial charge in [-0.25, -0.2) is 4.79 Å².